The summed E-state index contributed by atoms with van der Waals surface area (Å²) in [6.07, 6.45) is 0. The Bertz CT molecular complexity index is 833. The van der Waals surface area contributed by atoms with Gasteiger partial charge in [0, 0.05) is 38.3 Å². The molecule has 0 radical (unpaired) electrons. The highest BCUT2D eigenvalue weighted by Crippen LogP contribution is 2.26. The SMILES string of the molecule is COc1ccc(F)c(N2CCN(C(=O)c3cc(C#N)oc3C)CC2)c1. The number of hydrogen-bond donors (Lipinski definition) is 0. The van der Waals surface area contributed by atoms with Gasteiger partial charge in [0.2, 0.25) is 5.76 Å². The van der Waals surface area contributed by atoms with Gasteiger partial charge in [-0.1, -0.05) is 0 Å². The van der Waals surface area contributed by atoms with Crippen molar-refractivity contribution in [2.45, 2.75) is 6.92 Å². The monoisotopic (exact) mass is 343 g/mol. The summed E-state index contributed by atoms with van der Waals surface area (Å²) in [7, 11) is 1.54. The number of aryl methyl sites for hydroxylation is 1. The highest BCUT2D eigenvalue weighted by Gasteiger charge is 2.26. The smallest absolute Gasteiger partial charge is 0.257 e. The van der Waals surface area contributed by atoms with E-state index in [9.17, 15) is 9.18 Å². The fourth-order valence-corrected chi connectivity index (χ4v) is 2.93. The molecular formula is C18H18FN3O3. The fourth-order valence-electron chi connectivity index (χ4n) is 2.93. The Labute approximate surface area is 145 Å². The van der Waals surface area contributed by atoms with Crippen molar-refractivity contribution in [1.82, 2.24) is 4.90 Å². The molecule has 1 saturated heterocycles. The lowest BCUT2D eigenvalue weighted by Crippen LogP contribution is -2.49. The predicted molar refractivity (Wildman–Crippen MR) is 89.2 cm³/mol. The van der Waals surface area contributed by atoms with Crippen LogP contribution in [-0.4, -0.2) is 44.1 Å². The van der Waals surface area contributed by atoms with Crippen molar-refractivity contribution in [3.8, 4) is 11.8 Å². The zero-order valence-electron chi connectivity index (χ0n) is 14.1. The van der Waals surface area contributed by atoms with Crippen molar-refractivity contribution in [3.63, 3.8) is 0 Å². The molecule has 1 fully saturated rings. The fraction of sp³-hybridized carbons (Fsp3) is 0.333. The molecule has 0 aliphatic carbocycles. The van der Waals surface area contributed by atoms with Gasteiger partial charge in [0.25, 0.3) is 5.91 Å². The summed E-state index contributed by atoms with van der Waals surface area (Å²) in [5.74, 6) is 0.659. The number of nitriles is 1. The van der Waals surface area contributed by atoms with Crippen LogP contribution in [0.4, 0.5) is 10.1 Å². The van der Waals surface area contributed by atoms with Crippen LogP contribution in [0.5, 0.6) is 5.75 Å². The number of carbonyl (C=O) groups is 1. The van der Waals surface area contributed by atoms with Gasteiger partial charge in [-0.3, -0.25) is 4.79 Å². The van der Waals surface area contributed by atoms with Crippen molar-refractivity contribution < 1.29 is 18.3 Å². The van der Waals surface area contributed by atoms with Gasteiger partial charge in [-0.25, -0.2) is 4.39 Å². The highest BCUT2D eigenvalue weighted by atomic mass is 19.1. The lowest BCUT2D eigenvalue weighted by Gasteiger charge is -2.36. The van der Waals surface area contributed by atoms with Gasteiger partial charge in [-0.2, -0.15) is 5.26 Å². The summed E-state index contributed by atoms with van der Waals surface area (Å²) in [5, 5.41) is 8.88. The van der Waals surface area contributed by atoms with Crippen molar-refractivity contribution in [2.24, 2.45) is 0 Å². The average Bonchev–Trinajstić information content (AvgIpc) is 3.02. The number of benzene rings is 1. The van der Waals surface area contributed by atoms with Crippen LogP contribution in [-0.2, 0) is 0 Å². The quantitative estimate of drug-likeness (QED) is 0.857. The molecule has 1 aliphatic rings. The lowest BCUT2D eigenvalue weighted by atomic mass is 10.2. The molecule has 130 valence electrons. The van der Waals surface area contributed by atoms with Crippen molar-refractivity contribution in [3.05, 3.63) is 47.2 Å². The van der Waals surface area contributed by atoms with Gasteiger partial charge in [-0.05, 0) is 19.1 Å². The van der Waals surface area contributed by atoms with E-state index in [1.807, 2.05) is 11.0 Å². The first-order valence-corrected chi connectivity index (χ1v) is 7.91. The number of amides is 1. The average molecular weight is 343 g/mol. The summed E-state index contributed by atoms with van der Waals surface area (Å²) >= 11 is 0. The second-order valence-electron chi connectivity index (χ2n) is 5.79. The number of furan rings is 1. The third kappa shape index (κ3) is 3.29. The second-order valence-corrected chi connectivity index (χ2v) is 5.79. The molecule has 0 N–H and O–H groups in total. The standard InChI is InChI=1S/C18H18FN3O3/c1-12-15(9-14(11-20)25-12)18(23)22-7-5-21(6-8-22)17-10-13(24-2)3-4-16(17)19/h3-4,9-10H,5-8H2,1-2H3. The number of piperazine rings is 1. The molecule has 0 saturated carbocycles. The van der Waals surface area contributed by atoms with E-state index in [4.69, 9.17) is 14.4 Å². The molecule has 0 spiro atoms. The van der Waals surface area contributed by atoms with Gasteiger partial charge in [0.1, 0.15) is 23.4 Å². The first-order valence-electron chi connectivity index (χ1n) is 7.91. The zero-order chi connectivity index (χ0) is 18.0. The number of hydrogen-bond acceptors (Lipinski definition) is 5. The van der Waals surface area contributed by atoms with Gasteiger partial charge in [-0.15, -0.1) is 0 Å². The van der Waals surface area contributed by atoms with E-state index < -0.39 is 0 Å². The molecule has 0 atom stereocenters. The summed E-state index contributed by atoms with van der Waals surface area (Å²) in [6, 6.07) is 7.97. The molecule has 0 bridgehead atoms. The summed E-state index contributed by atoms with van der Waals surface area (Å²) in [5.41, 5.74) is 0.871. The largest absolute Gasteiger partial charge is 0.497 e. The predicted octanol–water partition coefficient (Wildman–Crippen LogP) is 2.57. The molecule has 25 heavy (non-hydrogen) atoms. The van der Waals surface area contributed by atoms with Gasteiger partial charge >= 0.3 is 0 Å². The Morgan fingerprint density at radius 2 is 2.00 bits per heavy atom. The maximum Gasteiger partial charge on any atom is 0.257 e. The lowest BCUT2D eigenvalue weighted by molar-refractivity contribution is 0.0745. The summed E-state index contributed by atoms with van der Waals surface area (Å²) in [4.78, 5) is 16.2. The summed E-state index contributed by atoms with van der Waals surface area (Å²) < 4.78 is 24.5. The van der Waals surface area contributed by atoms with Crippen LogP contribution in [0.1, 0.15) is 21.9 Å². The molecular weight excluding hydrogens is 325 g/mol. The van der Waals surface area contributed by atoms with Crippen LogP contribution < -0.4 is 9.64 Å². The third-order valence-corrected chi connectivity index (χ3v) is 4.32. The molecule has 1 amide bonds. The van der Waals surface area contributed by atoms with Crippen molar-refractivity contribution in [1.29, 1.82) is 5.26 Å². The summed E-state index contributed by atoms with van der Waals surface area (Å²) in [6.45, 7) is 3.61. The topological polar surface area (TPSA) is 69.7 Å². The van der Waals surface area contributed by atoms with Gasteiger partial charge in [0.15, 0.2) is 0 Å². The molecule has 0 unspecified atom stereocenters. The first-order chi connectivity index (χ1) is 12.0. The van der Waals surface area contributed by atoms with Crippen LogP contribution >= 0.6 is 0 Å². The van der Waals surface area contributed by atoms with E-state index in [1.165, 1.54) is 19.2 Å². The van der Waals surface area contributed by atoms with Crippen molar-refractivity contribution in [2.75, 3.05) is 38.2 Å². The molecule has 6 nitrogen and oxygen atoms in total. The van der Waals surface area contributed by atoms with E-state index in [1.54, 1.807) is 24.0 Å². The maximum atomic E-state index is 14.1. The number of nitrogens with zero attached hydrogens (tertiary/aromatic N) is 3. The number of carbonyl (C=O) groups excluding carboxylic acids is 1. The Hall–Kier alpha value is -3.01. The number of rotatable bonds is 3. The molecule has 2 aromatic rings. The Balaban J connectivity index is 1.70. The molecule has 1 aliphatic heterocycles. The molecule has 1 aromatic carbocycles. The van der Waals surface area contributed by atoms with E-state index in [0.29, 0.717) is 48.9 Å². The van der Waals surface area contributed by atoms with E-state index >= 15 is 0 Å². The molecule has 2 heterocycles. The minimum Gasteiger partial charge on any atom is -0.497 e. The van der Waals surface area contributed by atoms with Crippen LogP contribution in [0.2, 0.25) is 0 Å². The van der Waals surface area contributed by atoms with Gasteiger partial charge < -0.3 is 19.0 Å². The minimum atomic E-state index is -0.315. The molecule has 7 heteroatoms. The Kier molecular flexibility index (Phi) is 4.61. The van der Waals surface area contributed by atoms with Crippen molar-refractivity contribution >= 4 is 11.6 Å². The minimum absolute atomic E-state index is 0.123. The van der Waals surface area contributed by atoms with Crippen LogP contribution in [0, 0.1) is 24.1 Å². The molecule has 1 aromatic heterocycles. The van der Waals surface area contributed by atoms with E-state index in [2.05, 4.69) is 0 Å². The number of halogens is 1. The van der Waals surface area contributed by atoms with Gasteiger partial charge in [0.05, 0.1) is 18.4 Å². The molecule has 3 rings (SSSR count). The van der Waals surface area contributed by atoms with E-state index in [-0.39, 0.29) is 17.5 Å². The van der Waals surface area contributed by atoms with Crippen LogP contribution in [0.25, 0.3) is 0 Å². The second kappa shape index (κ2) is 6.85. The first kappa shape index (κ1) is 16.8. The number of ether oxygens (including phenoxy) is 1. The Morgan fingerprint density at radius 3 is 2.60 bits per heavy atom. The number of anilines is 1. The maximum absolute atomic E-state index is 14.1. The zero-order valence-corrected chi connectivity index (χ0v) is 14.1. The number of methoxy groups -OCH3 is 1. The normalized spacial score (nSPS) is 14.3. The Morgan fingerprint density at radius 1 is 1.28 bits per heavy atom. The third-order valence-electron chi connectivity index (χ3n) is 4.32. The van der Waals surface area contributed by atoms with Crippen LogP contribution in [0.15, 0.2) is 28.7 Å². The van der Waals surface area contributed by atoms with E-state index in [0.717, 1.165) is 0 Å². The van der Waals surface area contributed by atoms with Crippen LogP contribution in [0.3, 0.4) is 0 Å². The highest BCUT2D eigenvalue weighted by molar-refractivity contribution is 5.95.